The molecule has 0 radical (unpaired) electrons. The van der Waals surface area contributed by atoms with E-state index in [4.69, 9.17) is 27.1 Å². The first-order chi connectivity index (χ1) is 16.5. The number of carbonyl (C=O) groups excluding carboxylic acids is 2. The number of carbonyl (C=O) groups is 2. The van der Waals surface area contributed by atoms with E-state index in [0.717, 1.165) is 16.7 Å². The third-order valence-electron chi connectivity index (χ3n) is 5.29. The maximum absolute atomic E-state index is 12.8. The first kappa shape index (κ1) is 23.3. The highest BCUT2D eigenvalue weighted by molar-refractivity contribution is 6.30. The monoisotopic (exact) mass is 477 g/mol. The standard InChI is InChI=1S/C25H24ClN5O3/c1-34-22(32)15-28-24-23(18-6-3-7-20(26)11-18)30-21-12-19(8-9-31(21)24)25(33)29-14-17-5-2-4-16(10-17)13-27/h2-12,28H,13-15,27H2,1H3,(H,29,33). The van der Waals surface area contributed by atoms with Crippen molar-refractivity contribution in [3.63, 3.8) is 0 Å². The first-order valence-corrected chi connectivity index (χ1v) is 11.0. The molecule has 0 spiro atoms. The highest BCUT2D eigenvalue weighted by atomic mass is 35.5. The van der Waals surface area contributed by atoms with Crippen LogP contribution in [0, 0.1) is 0 Å². The molecule has 0 unspecified atom stereocenters. The second-order valence-corrected chi connectivity index (χ2v) is 8.04. The van der Waals surface area contributed by atoms with Crippen LogP contribution in [0.1, 0.15) is 21.5 Å². The maximum atomic E-state index is 12.8. The van der Waals surface area contributed by atoms with Crippen molar-refractivity contribution in [3.8, 4) is 11.3 Å². The van der Waals surface area contributed by atoms with Crippen LogP contribution in [0.15, 0.2) is 66.9 Å². The van der Waals surface area contributed by atoms with Crippen molar-refractivity contribution in [3.05, 3.63) is 88.6 Å². The summed E-state index contributed by atoms with van der Waals surface area (Å²) in [6.45, 7) is 0.785. The fourth-order valence-corrected chi connectivity index (χ4v) is 3.76. The van der Waals surface area contributed by atoms with Crippen molar-refractivity contribution in [1.29, 1.82) is 0 Å². The second kappa shape index (κ2) is 10.4. The number of hydrogen-bond acceptors (Lipinski definition) is 6. The van der Waals surface area contributed by atoms with E-state index in [1.54, 1.807) is 34.9 Å². The van der Waals surface area contributed by atoms with Gasteiger partial charge in [0.05, 0.1) is 7.11 Å². The van der Waals surface area contributed by atoms with E-state index < -0.39 is 5.97 Å². The number of methoxy groups -OCH3 is 1. The van der Waals surface area contributed by atoms with Crippen molar-refractivity contribution in [1.82, 2.24) is 14.7 Å². The number of benzene rings is 2. The Morgan fingerprint density at radius 2 is 1.88 bits per heavy atom. The zero-order valence-electron chi connectivity index (χ0n) is 18.5. The van der Waals surface area contributed by atoms with Gasteiger partial charge in [0, 0.05) is 35.4 Å². The van der Waals surface area contributed by atoms with Crippen LogP contribution in [0.2, 0.25) is 5.02 Å². The lowest BCUT2D eigenvalue weighted by Gasteiger charge is -2.09. The number of rotatable bonds is 8. The Balaban J connectivity index is 1.63. The summed E-state index contributed by atoms with van der Waals surface area (Å²) in [4.78, 5) is 29.2. The Morgan fingerprint density at radius 1 is 1.09 bits per heavy atom. The summed E-state index contributed by atoms with van der Waals surface area (Å²) >= 11 is 6.18. The number of hydrogen-bond donors (Lipinski definition) is 3. The molecular weight excluding hydrogens is 454 g/mol. The van der Waals surface area contributed by atoms with Crippen LogP contribution in [-0.2, 0) is 22.6 Å². The molecule has 0 saturated heterocycles. The van der Waals surface area contributed by atoms with Crippen molar-refractivity contribution < 1.29 is 14.3 Å². The van der Waals surface area contributed by atoms with Crippen LogP contribution in [-0.4, -0.2) is 34.9 Å². The summed E-state index contributed by atoms with van der Waals surface area (Å²) in [6, 6.07) is 18.4. The van der Waals surface area contributed by atoms with Gasteiger partial charge in [0.25, 0.3) is 5.91 Å². The predicted molar refractivity (Wildman–Crippen MR) is 132 cm³/mol. The summed E-state index contributed by atoms with van der Waals surface area (Å²) in [5.41, 5.74) is 10.0. The van der Waals surface area contributed by atoms with Gasteiger partial charge in [-0.25, -0.2) is 4.98 Å². The lowest BCUT2D eigenvalue weighted by Crippen LogP contribution is -2.23. The lowest BCUT2D eigenvalue weighted by molar-refractivity contribution is -0.138. The Hall–Kier alpha value is -3.88. The van der Waals surface area contributed by atoms with Gasteiger partial charge in [0.1, 0.15) is 23.7 Å². The van der Waals surface area contributed by atoms with Crippen LogP contribution >= 0.6 is 11.6 Å². The SMILES string of the molecule is COC(=O)CNc1c(-c2cccc(Cl)c2)nc2cc(C(=O)NCc3cccc(CN)c3)ccn12. The number of ether oxygens (including phenoxy) is 1. The average molecular weight is 478 g/mol. The van der Waals surface area contributed by atoms with Crippen molar-refractivity contribution in [2.24, 2.45) is 5.73 Å². The number of esters is 1. The molecule has 2 heterocycles. The molecule has 0 aliphatic heterocycles. The van der Waals surface area contributed by atoms with E-state index in [-0.39, 0.29) is 12.5 Å². The quantitative estimate of drug-likeness (QED) is 0.334. The second-order valence-electron chi connectivity index (χ2n) is 7.60. The molecule has 4 aromatic rings. The van der Waals surface area contributed by atoms with Crippen LogP contribution in [0.5, 0.6) is 0 Å². The molecule has 4 rings (SSSR count). The van der Waals surface area contributed by atoms with Gasteiger partial charge in [-0.05, 0) is 35.4 Å². The molecule has 8 nitrogen and oxygen atoms in total. The number of halogens is 1. The van der Waals surface area contributed by atoms with Crippen molar-refractivity contribution in [2.75, 3.05) is 19.0 Å². The van der Waals surface area contributed by atoms with E-state index in [1.165, 1.54) is 7.11 Å². The number of imidazole rings is 1. The summed E-state index contributed by atoms with van der Waals surface area (Å²) in [5, 5.41) is 6.57. The first-order valence-electron chi connectivity index (χ1n) is 10.6. The van der Waals surface area contributed by atoms with Crippen LogP contribution < -0.4 is 16.4 Å². The molecule has 174 valence electrons. The molecule has 2 aromatic carbocycles. The number of nitrogens with one attached hydrogen (secondary N) is 2. The molecular formula is C25H24ClN5O3. The summed E-state index contributed by atoms with van der Waals surface area (Å²) in [7, 11) is 1.33. The minimum atomic E-state index is -0.415. The van der Waals surface area contributed by atoms with Gasteiger partial charge in [0.15, 0.2) is 0 Å². The molecule has 1 amide bonds. The molecule has 0 aliphatic carbocycles. The number of nitrogens with two attached hydrogens (primary N) is 1. The summed E-state index contributed by atoms with van der Waals surface area (Å²) in [6.07, 6.45) is 1.74. The van der Waals surface area contributed by atoms with E-state index in [1.807, 2.05) is 36.4 Å². The third-order valence-corrected chi connectivity index (χ3v) is 5.53. The molecule has 9 heteroatoms. The molecule has 0 aliphatic rings. The molecule has 34 heavy (non-hydrogen) atoms. The zero-order chi connectivity index (χ0) is 24.1. The third kappa shape index (κ3) is 5.19. The van der Waals surface area contributed by atoms with E-state index in [2.05, 4.69) is 10.6 Å². The highest BCUT2D eigenvalue weighted by Crippen LogP contribution is 2.30. The number of nitrogens with zero attached hydrogens (tertiary/aromatic N) is 2. The minimum Gasteiger partial charge on any atom is -0.468 e. The normalized spacial score (nSPS) is 10.8. The van der Waals surface area contributed by atoms with Crippen LogP contribution in [0.4, 0.5) is 5.82 Å². The topological polar surface area (TPSA) is 111 Å². The smallest absolute Gasteiger partial charge is 0.325 e. The van der Waals surface area contributed by atoms with Crippen molar-refractivity contribution in [2.45, 2.75) is 13.1 Å². The zero-order valence-corrected chi connectivity index (χ0v) is 19.3. The molecule has 0 saturated carbocycles. The Kier molecular flexibility index (Phi) is 7.10. The number of aromatic nitrogens is 2. The largest absolute Gasteiger partial charge is 0.468 e. The molecule has 0 bridgehead atoms. The Bertz CT molecular complexity index is 1350. The average Bonchev–Trinajstić information content (AvgIpc) is 3.23. The fourth-order valence-electron chi connectivity index (χ4n) is 3.57. The van der Waals surface area contributed by atoms with E-state index in [9.17, 15) is 9.59 Å². The highest BCUT2D eigenvalue weighted by Gasteiger charge is 2.17. The fraction of sp³-hybridized carbons (Fsp3) is 0.160. The van der Waals surface area contributed by atoms with E-state index >= 15 is 0 Å². The molecule has 2 aromatic heterocycles. The number of fused-ring (bicyclic) bond motifs is 1. The molecule has 0 fully saturated rings. The van der Waals surface area contributed by atoms with Gasteiger partial charge in [-0.3, -0.25) is 14.0 Å². The minimum absolute atomic E-state index is 0.0397. The predicted octanol–water partition coefficient (Wildman–Crippen LogP) is 3.63. The van der Waals surface area contributed by atoms with Gasteiger partial charge in [-0.2, -0.15) is 0 Å². The van der Waals surface area contributed by atoms with Gasteiger partial charge in [0.2, 0.25) is 0 Å². The molecule has 4 N–H and O–H groups in total. The van der Waals surface area contributed by atoms with Gasteiger partial charge >= 0.3 is 5.97 Å². The maximum Gasteiger partial charge on any atom is 0.325 e. The van der Waals surface area contributed by atoms with Crippen LogP contribution in [0.25, 0.3) is 16.9 Å². The van der Waals surface area contributed by atoms with Gasteiger partial charge < -0.3 is 21.1 Å². The van der Waals surface area contributed by atoms with Crippen LogP contribution in [0.3, 0.4) is 0 Å². The van der Waals surface area contributed by atoms with Gasteiger partial charge in [-0.1, -0.05) is 48.0 Å². The van der Waals surface area contributed by atoms with E-state index in [0.29, 0.717) is 40.8 Å². The summed E-state index contributed by atoms with van der Waals surface area (Å²) in [5.74, 6) is -0.0491. The van der Waals surface area contributed by atoms with Gasteiger partial charge in [-0.15, -0.1) is 0 Å². The Morgan fingerprint density at radius 3 is 2.65 bits per heavy atom. The summed E-state index contributed by atoms with van der Waals surface area (Å²) < 4.78 is 6.52. The Labute approximate surface area is 201 Å². The number of pyridine rings is 1. The molecule has 0 atom stereocenters. The van der Waals surface area contributed by atoms with Crippen molar-refractivity contribution >= 4 is 34.9 Å². The lowest BCUT2D eigenvalue weighted by atomic mass is 10.1. The number of anilines is 1. The number of amides is 1.